The maximum atomic E-state index is 12.1. The molecule has 0 bridgehead atoms. The number of Topliss-reactive ketones (excluding diaryl/α,β-unsaturated/α-hetero) is 1. The highest BCUT2D eigenvalue weighted by atomic mass is 16.6. The summed E-state index contributed by atoms with van der Waals surface area (Å²) in [7, 11) is 0. The summed E-state index contributed by atoms with van der Waals surface area (Å²) < 4.78 is 10.5. The average molecular weight is 400 g/mol. The van der Waals surface area contributed by atoms with Crippen molar-refractivity contribution in [1.29, 1.82) is 0 Å². The van der Waals surface area contributed by atoms with Gasteiger partial charge in [0.1, 0.15) is 29.2 Å². The molecule has 1 amide bonds. The molecule has 0 aliphatic carbocycles. The fraction of sp³-hybridized carbons (Fsp3) is 0.800. The number of amides is 1. The van der Waals surface area contributed by atoms with E-state index < -0.39 is 29.3 Å². The van der Waals surface area contributed by atoms with Gasteiger partial charge in [-0.3, -0.25) is 19.9 Å². The predicted molar refractivity (Wildman–Crippen MR) is 109 cm³/mol. The van der Waals surface area contributed by atoms with Crippen LogP contribution in [0.1, 0.15) is 80.6 Å². The third-order valence-electron chi connectivity index (χ3n) is 3.26. The van der Waals surface area contributed by atoms with Crippen molar-refractivity contribution in [2.24, 2.45) is 10.7 Å². The van der Waals surface area contributed by atoms with E-state index in [-0.39, 0.29) is 18.0 Å². The van der Waals surface area contributed by atoms with Gasteiger partial charge in [-0.2, -0.15) is 0 Å². The van der Waals surface area contributed by atoms with Crippen LogP contribution in [-0.4, -0.2) is 47.5 Å². The van der Waals surface area contributed by atoms with Crippen LogP contribution in [0.15, 0.2) is 4.99 Å². The Labute approximate surface area is 168 Å². The highest BCUT2D eigenvalue weighted by molar-refractivity contribution is 6.04. The third kappa shape index (κ3) is 14.1. The molecule has 0 aromatic rings. The van der Waals surface area contributed by atoms with E-state index in [0.29, 0.717) is 25.8 Å². The minimum Gasteiger partial charge on any atom is -0.460 e. The SMILES string of the molecule is CCCC(=O)[C@@H](N)CCCN=C(CC(=O)OC(C)(C)C)NC(=O)OC(C)(C)C. The fourth-order valence-electron chi connectivity index (χ4n) is 2.19. The number of carbonyl (C=O) groups is 3. The summed E-state index contributed by atoms with van der Waals surface area (Å²) in [4.78, 5) is 40.1. The standard InChI is InChI=1S/C20H37N3O5/c1-8-10-15(24)14(21)11-9-12-22-16(13-17(25)27-19(2,3)4)23-18(26)28-20(5,6)7/h14H,8-13,21H2,1-7H3,(H,22,23,26)/t14-/m0/s1. The number of hydrogen-bond donors (Lipinski definition) is 2. The van der Waals surface area contributed by atoms with Crippen molar-refractivity contribution in [3.05, 3.63) is 0 Å². The van der Waals surface area contributed by atoms with E-state index in [1.165, 1.54) is 0 Å². The molecule has 162 valence electrons. The van der Waals surface area contributed by atoms with Gasteiger partial charge in [0.2, 0.25) is 0 Å². The highest BCUT2D eigenvalue weighted by Gasteiger charge is 2.21. The van der Waals surface area contributed by atoms with Gasteiger partial charge in [-0.1, -0.05) is 6.92 Å². The van der Waals surface area contributed by atoms with Crippen LogP contribution in [0.5, 0.6) is 0 Å². The van der Waals surface area contributed by atoms with Crippen LogP contribution < -0.4 is 11.1 Å². The van der Waals surface area contributed by atoms with Gasteiger partial charge in [-0.25, -0.2) is 4.79 Å². The second-order valence-corrected chi connectivity index (χ2v) is 8.68. The monoisotopic (exact) mass is 399 g/mol. The van der Waals surface area contributed by atoms with Crippen molar-refractivity contribution < 1.29 is 23.9 Å². The highest BCUT2D eigenvalue weighted by Crippen LogP contribution is 2.10. The lowest BCUT2D eigenvalue weighted by Crippen LogP contribution is -2.38. The van der Waals surface area contributed by atoms with E-state index in [9.17, 15) is 14.4 Å². The number of hydrogen-bond acceptors (Lipinski definition) is 7. The molecule has 0 aliphatic rings. The van der Waals surface area contributed by atoms with Gasteiger partial charge in [-0.15, -0.1) is 0 Å². The van der Waals surface area contributed by atoms with Crippen LogP contribution in [-0.2, 0) is 19.1 Å². The number of esters is 1. The lowest BCUT2D eigenvalue weighted by molar-refractivity contribution is -0.153. The van der Waals surface area contributed by atoms with Gasteiger partial charge < -0.3 is 15.2 Å². The smallest absolute Gasteiger partial charge is 0.413 e. The summed E-state index contributed by atoms with van der Waals surface area (Å²) in [5.74, 6) is -0.304. The minimum atomic E-state index is -0.690. The Hall–Kier alpha value is -1.96. The second-order valence-electron chi connectivity index (χ2n) is 8.68. The van der Waals surface area contributed by atoms with Crippen molar-refractivity contribution in [3.63, 3.8) is 0 Å². The molecule has 8 heteroatoms. The number of rotatable bonds is 9. The van der Waals surface area contributed by atoms with E-state index in [1.807, 2.05) is 6.92 Å². The Balaban J connectivity index is 4.86. The molecular weight excluding hydrogens is 362 g/mol. The van der Waals surface area contributed by atoms with E-state index in [1.54, 1.807) is 41.5 Å². The Bertz CT molecular complexity index is 527. The summed E-state index contributed by atoms with van der Waals surface area (Å²) in [5, 5.41) is 2.51. The molecule has 0 aromatic carbocycles. The number of nitrogens with zero attached hydrogens (tertiary/aromatic N) is 1. The summed E-state index contributed by atoms with van der Waals surface area (Å²) in [5.41, 5.74) is 4.55. The Morgan fingerprint density at radius 3 is 2.11 bits per heavy atom. The molecule has 0 aliphatic heterocycles. The van der Waals surface area contributed by atoms with Crippen LogP contribution in [0.4, 0.5) is 4.79 Å². The lowest BCUT2D eigenvalue weighted by Gasteiger charge is -2.21. The van der Waals surface area contributed by atoms with Crippen LogP contribution in [0.3, 0.4) is 0 Å². The van der Waals surface area contributed by atoms with Gasteiger partial charge in [0.05, 0.1) is 6.04 Å². The molecule has 0 saturated heterocycles. The number of alkyl carbamates (subject to hydrolysis) is 1. The number of nitrogens with two attached hydrogens (primary N) is 1. The van der Waals surface area contributed by atoms with Crippen molar-refractivity contribution in [3.8, 4) is 0 Å². The fourth-order valence-corrected chi connectivity index (χ4v) is 2.19. The van der Waals surface area contributed by atoms with Crippen molar-refractivity contribution in [2.45, 2.75) is 97.8 Å². The number of amidine groups is 1. The molecule has 0 aromatic heterocycles. The normalized spacial score (nSPS) is 13.6. The van der Waals surface area contributed by atoms with Gasteiger partial charge in [0.25, 0.3) is 0 Å². The Kier molecular flexibility index (Phi) is 11.0. The molecule has 8 nitrogen and oxygen atoms in total. The molecule has 0 rings (SSSR count). The molecule has 0 radical (unpaired) electrons. The number of nitrogens with one attached hydrogen (secondary N) is 1. The molecule has 0 fully saturated rings. The molecule has 0 heterocycles. The van der Waals surface area contributed by atoms with E-state index in [0.717, 1.165) is 6.42 Å². The zero-order chi connectivity index (χ0) is 22.0. The summed E-state index contributed by atoms with van der Waals surface area (Å²) >= 11 is 0. The quantitative estimate of drug-likeness (QED) is 0.266. The number of carbonyl (C=O) groups excluding carboxylic acids is 3. The first-order chi connectivity index (χ1) is 12.7. The average Bonchev–Trinajstić information content (AvgIpc) is 2.47. The van der Waals surface area contributed by atoms with Gasteiger partial charge >= 0.3 is 12.1 Å². The first-order valence-electron chi connectivity index (χ1n) is 9.77. The van der Waals surface area contributed by atoms with Crippen molar-refractivity contribution >= 4 is 23.7 Å². The van der Waals surface area contributed by atoms with Gasteiger partial charge in [-0.05, 0) is 60.8 Å². The maximum absolute atomic E-state index is 12.1. The van der Waals surface area contributed by atoms with E-state index >= 15 is 0 Å². The van der Waals surface area contributed by atoms with E-state index in [2.05, 4.69) is 10.3 Å². The summed E-state index contributed by atoms with van der Waals surface area (Å²) in [6.07, 6.45) is 1.42. The van der Waals surface area contributed by atoms with Crippen molar-refractivity contribution in [1.82, 2.24) is 5.32 Å². The number of aliphatic imine (C=N–C) groups is 1. The number of ketones is 1. The third-order valence-corrected chi connectivity index (χ3v) is 3.26. The summed E-state index contributed by atoms with van der Waals surface area (Å²) in [6.45, 7) is 12.8. The molecule has 0 saturated carbocycles. The molecular formula is C20H37N3O5. The Morgan fingerprint density at radius 1 is 1.04 bits per heavy atom. The lowest BCUT2D eigenvalue weighted by atomic mass is 10.0. The van der Waals surface area contributed by atoms with Gasteiger partial charge in [0.15, 0.2) is 0 Å². The predicted octanol–water partition coefficient (Wildman–Crippen LogP) is 3.12. The largest absolute Gasteiger partial charge is 0.460 e. The molecule has 0 spiro atoms. The van der Waals surface area contributed by atoms with E-state index in [4.69, 9.17) is 15.2 Å². The number of ether oxygens (including phenoxy) is 2. The molecule has 28 heavy (non-hydrogen) atoms. The maximum Gasteiger partial charge on any atom is 0.413 e. The van der Waals surface area contributed by atoms with Crippen LogP contribution in [0.25, 0.3) is 0 Å². The van der Waals surface area contributed by atoms with Crippen LogP contribution >= 0.6 is 0 Å². The van der Waals surface area contributed by atoms with Gasteiger partial charge in [0, 0.05) is 13.0 Å². The zero-order valence-electron chi connectivity index (χ0n) is 18.4. The van der Waals surface area contributed by atoms with Crippen molar-refractivity contribution in [2.75, 3.05) is 6.54 Å². The molecule has 3 N–H and O–H groups in total. The first-order valence-corrected chi connectivity index (χ1v) is 9.77. The topological polar surface area (TPSA) is 120 Å². The summed E-state index contributed by atoms with van der Waals surface area (Å²) in [6, 6.07) is -0.511. The minimum absolute atomic E-state index is 0.0346. The second kappa shape index (κ2) is 11.8. The van der Waals surface area contributed by atoms with Crippen LogP contribution in [0.2, 0.25) is 0 Å². The molecule has 0 unspecified atom stereocenters. The zero-order valence-corrected chi connectivity index (χ0v) is 18.4. The Morgan fingerprint density at radius 2 is 1.61 bits per heavy atom. The van der Waals surface area contributed by atoms with Crippen LogP contribution in [0, 0.1) is 0 Å². The first kappa shape index (κ1) is 26.0. The molecule has 1 atom stereocenters.